The third-order valence-electron chi connectivity index (χ3n) is 4.74. The summed E-state index contributed by atoms with van der Waals surface area (Å²) in [7, 11) is 1.54. The number of aromatic nitrogens is 1. The molecule has 1 aromatic heterocycles. The number of rotatable bonds is 6. The predicted molar refractivity (Wildman–Crippen MR) is 115 cm³/mol. The number of nitrogens with zero attached hydrogens (tertiary/aromatic N) is 1. The summed E-state index contributed by atoms with van der Waals surface area (Å²) < 4.78 is 35.6. The lowest BCUT2D eigenvalue weighted by atomic mass is 10.0. The highest BCUT2D eigenvalue weighted by atomic mass is 19.3. The number of alkyl halides is 2. The highest BCUT2D eigenvalue weighted by Gasteiger charge is 2.15. The molecule has 0 spiro atoms. The van der Waals surface area contributed by atoms with Crippen molar-refractivity contribution in [3.05, 3.63) is 84.6 Å². The highest BCUT2D eigenvalue weighted by molar-refractivity contribution is 6.12. The maximum Gasteiger partial charge on any atom is 0.387 e. The molecule has 0 saturated heterocycles. The molecular formula is C24H18F2N2O3. The molecular weight excluding hydrogens is 402 g/mol. The standard InChI is InChI=1S/C24H18F2N2O3/c1-30-17-10-7-15(8-11-17)20-14-16(9-12-22(20)31-24(25)26)28-23(29)19-4-2-6-21-18(19)5-3-13-27-21/h2-14,24H,1H3,(H,28,29). The van der Waals surface area contributed by atoms with Gasteiger partial charge in [-0.3, -0.25) is 9.78 Å². The van der Waals surface area contributed by atoms with E-state index in [1.54, 1.807) is 61.8 Å². The molecule has 1 amide bonds. The Morgan fingerprint density at radius 2 is 1.81 bits per heavy atom. The molecule has 1 N–H and O–H groups in total. The van der Waals surface area contributed by atoms with Gasteiger partial charge < -0.3 is 14.8 Å². The van der Waals surface area contributed by atoms with Crippen LogP contribution in [0.4, 0.5) is 14.5 Å². The summed E-state index contributed by atoms with van der Waals surface area (Å²) >= 11 is 0. The summed E-state index contributed by atoms with van der Waals surface area (Å²) in [4.78, 5) is 17.2. The first-order valence-corrected chi connectivity index (χ1v) is 9.43. The van der Waals surface area contributed by atoms with Gasteiger partial charge in [-0.2, -0.15) is 8.78 Å². The SMILES string of the molecule is COc1ccc(-c2cc(NC(=O)c3cccc4ncccc34)ccc2OC(F)F)cc1. The van der Waals surface area contributed by atoms with Gasteiger partial charge in [0.15, 0.2) is 0 Å². The molecule has 4 rings (SSSR count). The van der Waals surface area contributed by atoms with Crippen LogP contribution in [0.5, 0.6) is 11.5 Å². The second-order valence-electron chi connectivity index (χ2n) is 6.65. The maximum absolute atomic E-state index is 12.9. The summed E-state index contributed by atoms with van der Waals surface area (Å²) in [6.07, 6.45) is 1.66. The number of benzene rings is 3. The van der Waals surface area contributed by atoms with Crippen molar-refractivity contribution in [3.8, 4) is 22.6 Å². The quantitative estimate of drug-likeness (QED) is 0.431. The van der Waals surface area contributed by atoms with Crippen molar-refractivity contribution in [3.63, 3.8) is 0 Å². The number of pyridine rings is 1. The third kappa shape index (κ3) is 4.45. The Bertz CT molecular complexity index is 1220. The van der Waals surface area contributed by atoms with Crippen LogP contribution >= 0.6 is 0 Å². The highest BCUT2D eigenvalue weighted by Crippen LogP contribution is 2.35. The van der Waals surface area contributed by atoms with Crippen LogP contribution < -0.4 is 14.8 Å². The fourth-order valence-electron chi connectivity index (χ4n) is 3.30. The average Bonchev–Trinajstić information content (AvgIpc) is 2.79. The molecule has 0 aliphatic carbocycles. The van der Waals surface area contributed by atoms with Gasteiger partial charge >= 0.3 is 6.61 Å². The van der Waals surface area contributed by atoms with Crippen LogP contribution in [0.15, 0.2) is 79.0 Å². The number of halogens is 2. The number of anilines is 1. The Hall–Kier alpha value is -4.00. The molecule has 0 unspecified atom stereocenters. The number of carbonyl (C=O) groups excluding carboxylic acids is 1. The Morgan fingerprint density at radius 1 is 1.00 bits per heavy atom. The van der Waals surface area contributed by atoms with Crippen LogP contribution in [0.2, 0.25) is 0 Å². The minimum Gasteiger partial charge on any atom is -0.497 e. The predicted octanol–water partition coefficient (Wildman–Crippen LogP) is 5.76. The first-order valence-electron chi connectivity index (χ1n) is 9.43. The van der Waals surface area contributed by atoms with E-state index in [-0.39, 0.29) is 11.7 Å². The number of methoxy groups -OCH3 is 1. The first-order chi connectivity index (χ1) is 15.0. The number of carbonyl (C=O) groups is 1. The van der Waals surface area contributed by atoms with Crippen LogP contribution in [0.3, 0.4) is 0 Å². The molecule has 7 heteroatoms. The zero-order valence-corrected chi connectivity index (χ0v) is 16.5. The van der Waals surface area contributed by atoms with Gasteiger partial charge in [-0.15, -0.1) is 0 Å². The number of fused-ring (bicyclic) bond motifs is 1. The average molecular weight is 420 g/mol. The van der Waals surface area contributed by atoms with Crippen molar-refractivity contribution in [2.75, 3.05) is 12.4 Å². The van der Waals surface area contributed by atoms with Crippen LogP contribution in [-0.2, 0) is 0 Å². The molecule has 5 nitrogen and oxygen atoms in total. The number of hydrogen-bond acceptors (Lipinski definition) is 4. The molecule has 0 fully saturated rings. The van der Waals surface area contributed by atoms with Crippen LogP contribution in [-0.4, -0.2) is 24.6 Å². The van der Waals surface area contributed by atoms with E-state index in [0.717, 1.165) is 5.39 Å². The summed E-state index contributed by atoms with van der Waals surface area (Å²) in [6.45, 7) is -2.97. The summed E-state index contributed by atoms with van der Waals surface area (Å²) in [5.74, 6) is 0.309. The summed E-state index contributed by atoms with van der Waals surface area (Å²) in [5, 5.41) is 3.55. The van der Waals surface area contributed by atoms with E-state index in [2.05, 4.69) is 15.0 Å². The van der Waals surface area contributed by atoms with E-state index < -0.39 is 6.61 Å². The van der Waals surface area contributed by atoms with Gasteiger partial charge in [0, 0.05) is 28.4 Å². The van der Waals surface area contributed by atoms with Crippen LogP contribution in [0.1, 0.15) is 10.4 Å². The van der Waals surface area contributed by atoms with Gasteiger partial charge in [-0.1, -0.05) is 24.3 Å². The zero-order valence-electron chi connectivity index (χ0n) is 16.5. The smallest absolute Gasteiger partial charge is 0.387 e. The Labute approximate surface area is 177 Å². The van der Waals surface area contributed by atoms with Crippen molar-refractivity contribution >= 4 is 22.5 Å². The lowest BCUT2D eigenvalue weighted by molar-refractivity contribution is -0.0494. The van der Waals surface area contributed by atoms with Crippen molar-refractivity contribution in [2.45, 2.75) is 6.61 Å². The molecule has 0 saturated carbocycles. The number of nitrogens with one attached hydrogen (secondary N) is 1. The topological polar surface area (TPSA) is 60.5 Å². The Kier molecular flexibility index (Phi) is 5.75. The summed E-state index contributed by atoms with van der Waals surface area (Å²) in [5.41, 5.74) is 2.67. The molecule has 0 aliphatic rings. The molecule has 0 radical (unpaired) electrons. The monoisotopic (exact) mass is 420 g/mol. The minimum absolute atomic E-state index is 0.00697. The maximum atomic E-state index is 12.9. The van der Waals surface area contributed by atoms with Crippen molar-refractivity contribution in [1.82, 2.24) is 4.98 Å². The first kappa shape index (κ1) is 20.3. The molecule has 31 heavy (non-hydrogen) atoms. The van der Waals surface area contributed by atoms with E-state index in [9.17, 15) is 13.6 Å². The van der Waals surface area contributed by atoms with Crippen LogP contribution in [0, 0.1) is 0 Å². The third-order valence-corrected chi connectivity index (χ3v) is 4.74. The molecule has 3 aromatic carbocycles. The molecule has 1 heterocycles. The second-order valence-corrected chi connectivity index (χ2v) is 6.65. The molecule has 4 aromatic rings. The van der Waals surface area contributed by atoms with E-state index >= 15 is 0 Å². The van der Waals surface area contributed by atoms with Gasteiger partial charge in [0.1, 0.15) is 11.5 Å². The number of ether oxygens (including phenoxy) is 2. The molecule has 0 aliphatic heterocycles. The number of hydrogen-bond donors (Lipinski definition) is 1. The van der Waals surface area contributed by atoms with Crippen molar-refractivity contribution in [2.24, 2.45) is 0 Å². The van der Waals surface area contributed by atoms with Crippen LogP contribution in [0.25, 0.3) is 22.0 Å². The van der Waals surface area contributed by atoms with E-state index in [4.69, 9.17) is 4.74 Å². The Balaban J connectivity index is 1.69. The molecule has 0 atom stereocenters. The van der Waals surface area contributed by atoms with Gasteiger partial charge in [-0.05, 0) is 54.1 Å². The molecule has 156 valence electrons. The lowest BCUT2D eigenvalue weighted by Gasteiger charge is -2.14. The zero-order chi connectivity index (χ0) is 21.8. The van der Waals surface area contributed by atoms with Gasteiger partial charge in [-0.25, -0.2) is 0 Å². The summed E-state index contributed by atoms with van der Waals surface area (Å²) in [6, 6.07) is 20.3. The van der Waals surface area contributed by atoms with Crippen molar-refractivity contribution in [1.29, 1.82) is 0 Å². The van der Waals surface area contributed by atoms with Gasteiger partial charge in [0.2, 0.25) is 0 Å². The van der Waals surface area contributed by atoms with E-state index in [1.807, 2.05) is 12.1 Å². The number of amides is 1. The second kappa shape index (κ2) is 8.79. The lowest BCUT2D eigenvalue weighted by Crippen LogP contribution is -2.13. The van der Waals surface area contributed by atoms with Crippen molar-refractivity contribution < 1.29 is 23.0 Å². The van der Waals surface area contributed by atoms with E-state index in [0.29, 0.717) is 33.6 Å². The van der Waals surface area contributed by atoms with E-state index in [1.165, 1.54) is 12.1 Å². The minimum atomic E-state index is -2.97. The fraction of sp³-hybridized carbons (Fsp3) is 0.0833. The largest absolute Gasteiger partial charge is 0.497 e. The Morgan fingerprint density at radius 3 is 2.55 bits per heavy atom. The van der Waals surface area contributed by atoms with Gasteiger partial charge in [0.05, 0.1) is 12.6 Å². The van der Waals surface area contributed by atoms with Gasteiger partial charge in [0.25, 0.3) is 5.91 Å². The molecule has 0 bridgehead atoms. The fourth-order valence-corrected chi connectivity index (χ4v) is 3.30. The normalized spacial score (nSPS) is 10.8.